The Labute approximate surface area is 166 Å². The van der Waals surface area contributed by atoms with Crippen molar-refractivity contribution in [1.82, 2.24) is 19.6 Å². The lowest BCUT2D eigenvalue weighted by atomic mass is 10.1. The smallest absolute Gasteiger partial charge is 0.0606 e. The molecule has 0 radical (unpaired) electrons. The quantitative estimate of drug-likeness (QED) is 0.506. The van der Waals surface area contributed by atoms with Crippen molar-refractivity contribution in [3.8, 4) is 0 Å². The van der Waals surface area contributed by atoms with Crippen LogP contribution in [0.25, 0.3) is 12.2 Å². The summed E-state index contributed by atoms with van der Waals surface area (Å²) in [6.07, 6.45) is 9.92. The molecule has 0 aliphatic rings. The van der Waals surface area contributed by atoms with E-state index in [-0.39, 0.29) is 0 Å². The van der Waals surface area contributed by atoms with Crippen molar-refractivity contribution < 1.29 is 0 Å². The molecule has 4 heteroatoms. The summed E-state index contributed by atoms with van der Waals surface area (Å²) in [5.41, 5.74) is 4.98. The molecule has 0 fully saturated rings. The molecule has 28 heavy (non-hydrogen) atoms. The lowest BCUT2D eigenvalue weighted by molar-refractivity contribution is 0.703. The van der Waals surface area contributed by atoms with Crippen molar-refractivity contribution in [1.29, 1.82) is 0 Å². The maximum atomic E-state index is 4.15. The Kier molecular flexibility index (Phi) is 6.96. The zero-order valence-corrected chi connectivity index (χ0v) is 16.4. The van der Waals surface area contributed by atoms with Gasteiger partial charge in [-0.25, -0.2) is 0 Å². The zero-order valence-electron chi connectivity index (χ0n) is 16.4. The molecule has 0 aliphatic carbocycles. The second-order valence-corrected chi connectivity index (χ2v) is 6.56. The Morgan fingerprint density at radius 1 is 0.679 bits per heavy atom. The van der Waals surface area contributed by atoms with Gasteiger partial charge in [0.2, 0.25) is 0 Å². The van der Waals surface area contributed by atoms with Gasteiger partial charge in [-0.15, -0.1) is 0 Å². The summed E-state index contributed by atoms with van der Waals surface area (Å²) in [7, 11) is 3.92. The molecular formula is C24H26N4. The maximum Gasteiger partial charge on any atom is 0.0606 e. The fraction of sp³-hybridized carbons (Fsp3) is 0.167. The number of hydrogen-bond acceptors (Lipinski definition) is 2. The zero-order chi connectivity index (χ0) is 19.6. The maximum absolute atomic E-state index is 4.15. The molecular weight excluding hydrogens is 344 g/mol. The molecule has 0 N–H and O–H groups in total. The van der Waals surface area contributed by atoms with E-state index in [2.05, 4.69) is 64.8 Å². The highest BCUT2D eigenvalue weighted by molar-refractivity contribution is 5.67. The van der Waals surface area contributed by atoms with E-state index in [4.69, 9.17) is 0 Å². The van der Waals surface area contributed by atoms with Crippen LogP contribution in [0.4, 0.5) is 0 Å². The first kappa shape index (κ1) is 19.4. The Morgan fingerprint density at radius 2 is 1.32 bits per heavy atom. The van der Waals surface area contributed by atoms with E-state index in [0.29, 0.717) is 0 Å². The van der Waals surface area contributed by atoms with Crippen molar-refractivity contribution in [3.05, 3.63) is 108 Å². The SMILES string of the molecule is Cn1nccc1C=Cc1ccccc1.Cn1nccc1CCc1ccccc1. The highest BCUT2D eigenvalue weighted by Gasteiger charge is 1.98. The van der Waals surface area contributed by atoms with Crippen LogP contribution < -0.4 is 0 Å². The predicted octanol–water partition coefficient (Wildman–Crippen LogP) is 4.80. The van der Waals surface area contributed by atoms with Gasteiger partial charge in [0.05, 0.1) is 5.69 Å². The molecule has 0 bridgehead atoms. The van der Waals surface area contributed by atoms with Gasteiger partial charge < -0.3 is 0 Å². The highest BCUT2D eigenvalue weighted by atomic mass is 15.3. The van der Waals surface area contributed by atoms with E-state index in [9.17, 15) is 0 Å². The van der Waals surface area contributed by atoms with Crippen LogP contribution in [0, 0.1) is 0 Å². The fourth-order valence-electron chi connectivity index (χ4n) is 2.86. The molecule has 0 amide bonds. The van der Waals surface area contributed by atoms with Gasteiger partial charge in [-0.1, -0.05) is 66.7 Å². The third-order valence-corrected chi connectivity index (χ3v) is 4.54. The van der Waals surface area contributed by atoms with Crippen molar-refractivity contribution in [3.63, 3.8) is 0 Å². The number of benzene rings is 2. The van der Waals surface area contributed by atoms with Gasteiger partial charge in [0.15, 0.2) is 0 Å². The first-order chi connectivity index (χ1) is 13.7. The van der Waals surface area contributed by atoms with Crippen LogP contribution in [0.5, 0.6) is 0 Å². The molecule has 0 unspecified atom stereocenters. The van der Waals surface area contributed by atoms with Gasteiger partial charge in [0.1, 0.15) is 0 Å². The normalized spacial score (nSPS) is 10.6. The Morgan fingerprint density at radius 3 is 1.93 bits per heavy atom. The molecule has 4 nitrogen and oxygen atoms in total. The molecule has 2 aromatic heterocycles. The lowest BCUT2D eigenvalue weighted by Gasteiger charge is -2.01. The van der Waals surface area contributed by atoms with Crippen LogP contribution in [0.15, 0.2) is 85.2 Å². The molecule has 2 aromatic carbocycles. The standard InChI is InChI=1S/C12H14N2.C12H12N2/c2*1-14-12(9-10-13-14)8-7-11-5-3-2-4-6-11/h2-6,9-10H,7-8H2,1H3;2-10H,1H3. The molecule has 0 saturated heterocycles. The summed E-state index contributed by atoms with van der Waals surface area (Å²) in [5.74, 6) is 0. The average molecular weight is 371 g/mol. The van der Waals surface area contributed by atoms with Gasteiger partial charge in [-0.05, 0) is 42.2 Å². The molecule has 0 saturated carbocycles. The summed E-state index contributed by atoms with van der Waals surface area (Å²) in [6, 6.07) is 24.8. The predicted molar refractivity (Wildman–Crippen MR) is 116 cm³/mol. The minimum absolute atomic E-state index is 1.06. The monoisotopic (exact) mass is 370 g/mol. The van der Waals surface area contributed by atoms with E-state index < -0.39 is 0 Å². The summed E-state index contributed by atoms with van der Waals surface area (Å²) in [5, 5.41) is 8.24. The van der Waals surface area contributed by atoms with Gasteiger partial charge in [-0.2, -0.15) is 10.2 Å². The first-order valence-corrected chi connectivity index (χ1v) is 9.44. The van der Waals surface area contributed by atoms with E-state index in [1.807, 2.05) is 60.0 Å². The number of hydrogen-bond donors (Lipinski definition) is 0. The third kappa shape index (κ3) is 5.81. The average Bonchev–Trinajstić information content (AvgIpc) is 3.34. The second-order valence-electron chi connectivity index (χ2n) is 6.56. The highest BCUT2D eigenvalue weighted by Crippen LogP contribution is 2.07. The van der Waals surface area contributed by atoms with Crippen molar-refractivity contribution in [2.75, 3.05) is 0 Å². The van der Waals surface area contributed by atoms with Gasteiger partial charge in [0, 0.05) is 32.2 Å². The summed E-state index contributed by atoms with van der Waals surface area (Å²) >= 11 is 0. The van der Waals surface area contributed by atoms with Gasteiger partial charge in [0.25, 0.3) is 0 Å². The Hall–Kier alpha value is -3.40. The van der Waals surface area contributed by atoms with E-state index >= 15 is 0 Å². The summed E-state index contributed by atoms with van der Waals surface area (Å²) < 4.78 is 3.78. The van der Waals surface area contributed by atoms with Crippen LogP contribution in [0.2, 0.25) is 0 Å². The van der Waals surface area contributed by atoms with Crippen LogP contribution in [0.3, 0.4) is 0 Å². The van der Waals surface area contributed by atoms with Crippen LogP contribution in [-0.2, 0) is 26.9 Å². The third-order valence-electron chi connectivity index (χ3n) is 4.54. The largest absolute Gasteiger partial charge is 0.273 e. The molecule has 2 heterocycles. The number of aryl methyl sites for hydroxylation is 4. The van der Waals surface area contributed by atoms with E-state index in [1.165, 1.54) is 16.8 Å². The van der Waals surface area contributed by atoms with Crippen LogP contribution >= 0.6 is 0 Å². The molecule has 4 aromatic rings. The molecule has 142 valence electrons. The van der Waals surface area contributed by atoms with Gasteiger partial charge in [-0.3, -0.25) is 9.36 Å². The molecule has 4 rings (SSSR count). The number of rotatable bonds is 5. The molecule has 0 aliphatic heterocycles. The minimum Gasteiger partial charge on any atom is -0.273 e. The number of nitrogens with zero attached hydrogens (tertiary/aromatic N) is 4. The van der Waals surface area contributed by atoms with Crippen LogP contribution in [0.1, 0.15) is 22.5 Å². The summed E-state index contributed by atoms with van der Waals surface area (Å²) in [6.45, 7) is 0. The van der Waals surface area contributed by atoms with Crippen molar-refractivity contribution >= 4 is 12.2 Å². The Balaban J connectivity index is 0.000000161. The first-order valence-electron chi connectivity index (χ1n) is 9.44. The summed E-state index contributed by atoms with van der Waals surface area (Å²) in [4.78, 5) is 0. The molecule has 0 spiro atoms. The van der Waals surface area contributed by atoms with E-state index in [0.717, 1.165) is 18.5 Å². The fourth-order valence-corrected chi connectivity index (χ4v) is 2.86. The second kappa shape index (κ2) is 10.1. The van der Waals surface area contributed by atoms with Crippen molar-refractivity contribution in [2.24, 2.45) is 14.1 Å². The topological polar surface area (TPSA) is 35.6 Å². The number of aromatic nitrogens is 4. The Bertz CT molecular complexity index is 982. The molecule has 0 atom stereocenters. The lowest BCUT2D eigenvalue weighted by Crippen LogP contribution is -1.99. The van der Waals surface area contributed by atoms with Crippen molar-refractivity contribution in [2.45, 2.75) is 12.8 Å². The van der Waals surface area contributed by atoms with Crippen LogP contribution in [-0.4, -0.2) is 19.6 Å². The minimum atomic E-state index is 1.06. The van der Waals surface area contributed by atoms with Gasteiger partial charge >= 0.3 is 0 Å². The van der Waals surface area contributed by atoms with E-state index in [1.54, 1.807) is 6.20 Å².